The molecular weight excluding hydrogens is 474 g/mol. The van der Waals surface area contributed by atoms with E-state index >= 15 is 0 Å². The second kappa shape index (κ2) is 12.5. The SMILES string of the molecule is CCCNC(=O)C(Cc1ccccc1)N(Cc1ccc(Cl)cc1Cl)C(=O)Cc1ccccc1F. The number of carbonyl (C=O) groups excluding carboxylic acids is 2. The summed E-state index contributed by atoms with van der Waals surface area (Å²) in [6.45, 7) is 2.53. The molecule has 0 aliphatic carbocycles. The Hall–Kier alpha value is -2.89. The third kappa shape index (κ3) is 7.05. The Labute approximate surface area is 209 Å². The minimum atomic E-state index is -0.806. The second-order valence-electron chi connectivity index (χ2n) is 8.02. The van der Waals surface area contributed by atoms with Crippen molar-refractivity contribution in [2.24, 2.45) is 0 Å². The van der Waals surface area contributed by atoms with Crippen molar-refractivity contribution >= 4 is 35.0 Å². The molecule has 7 heteroatoms. The quantitative estimate of drug-likeness (QED) is 0.380. The molecule has 34 heavy (non-hydrogen) atoms. The van der Waals surface area contributed by atoms with E-state index in [2.05, 4.69) is 5.32 Å². The molecule has 2 amide bonds. The van der Waals surface area contributed by atoms with Gasteiger partial charge in [0.1, 0.15) is 11.9 Å². The van der Waals surface area contributed by atoms with Crippen LogP contribution in [-0.2, 0) is 29.0 Å². The number of hydrogen-bond donors (Lipinski definition) is 1. The predicted octanol–water partition coefficient (Wildman–Crippen LogP) is 5.84. The Morgan fingerprint density at radius 2 is 1.68 bits per heavy atom. The molecule has 0 aliphatic rings. The Bertz CT molecular complexity index is 1120. The average molecular weight is 501 g/mol. The maximum Gasteiger partial charge on any atom is 0.243 e. The Balaban J connectivity index is 1.99. The second-order valence-corrected chi connectivity index (χ2v) is 8.87. The van der Waals surface area contributed by atoms with Gasteiger partial charge in [0.15, 0.2) is 0 Å². The first-order valence-electron chi connectivity index (χ1n) is 11.2. The number of amides is 2. The topological polar surface area (TPSA) is 49.4 Å². The summed E-state index contributed by atoms with van der Waals surface area (Å²) in [5.74, 6) is -1.10. The van der Waals surface area contributed by atoms with Gasteiger partial charge in [-0.2, -0.15) is 0 Å². The molecule has 0 fully saturated rings. The highest BCUT2D eigenvalue weighted by Crippen LogP contribution is 2.25. The summed E-state index contributed by atoms with van der Waals surface area (Å²) >= 11 is 12.5. The minimum absolute atomic E-state index is 0.0837. The van der Waals surface area contributed by atoms with Gasteiger partial charge < -0.3 is 10.2 Å². The summed E-state index contributed by atoms with van der Waals surface area (Å²) in [6, 6.07) is 19.9. The van der Waals surface area contributed by atoms with E-state index in [1.165, 1.54) is 11.0 Å². The van der Waals surface area contributed by atoms with Crippen LogP contribution in [0.5, 0.6) is 0 Å². The zero-order valence-corrected chi connectivity index (χ0v) is 20.5. The van der Waals surface area contributed by atoms with Crippen LogP contribution >= 0.6 is 23.2 Å². The number of hydrogen-bond acceptors (Lipinski definition) is 2. The van der Waals surface area contributed by atoms with Crippen molar-refractivity contribution in [3.63, 3.8) is 0 Å². The fourth-order valence-corrected chi connectivity index (χ4v) is 4.13. The van der Waals surface area contributed by atoms with Crippen molar-refractivity contribution in [3.8, 4) is 0 Å². The van der Waals surface area contributed by atoms with Crippen molar-refractivity contribution in [2.75, 3.05) is 6.54 Å². The van der Waals surface area contributed by atoms with Crippen molar-refractivity contribution in [2.45, 2.75) is 38.8 Å². The van der Waals surface area contributed by atoms with Crippen molar-refractivity contribution in [1.29, 1.82) is 0 Å². The molecule has 0 heterocycles. The largest absolute Gasteiger partial charge is 0.354 e. The minimum Gasteiger partial charge on any atom is -0.354 e. The van der Waals surface area contributed by atoms with E-state index in [-0.39, 0.29) is 30.3 Å². The fourth-order valence-electron chi connectivity index (χ4n) is 3.66. The first kappa shape index (κ1) is 25.7. The van der Waals surface area contributed by atoms with Crippen LogP contribution in [0.4, 0.5) is 4.39 Å². The molecule has 3 aromatic carbocycles. The number of halogens is 3. The van der Waals surface area contributed by atoms with Crippen LogP contribution in [0.1, 0.15) is 30.0 Å². The van der Waals surface area contributed by atoms with E-state index in [1.807, 2.05) is 37.3 Å². The molecule has 0 aliphatic heterocycles. The number of benzene rings is 3. The van der Waals surface area contributed by atoms with Gasteiger partial charge in [0.05, 0.1) is 6.42 Å². The van der Waals surface area contributed by atoms with Crippen LogP contribution in [0.15, 0.2) is 72.8 Å². The van der Waals surface area contributed by atoms with Gasteiger partial charge >= 0.3 is 0 Å². The van der Waals surface area contributed by atoms with Crippen molar-refractivity contribution in [3.05, 3.63) is 105 Å². The molecular formula is C27H27Cl2FN2O2. The fraction of sp³-hybridized carbons (Fsp3) is 0.259. The van der Waals surface area contributed by atoms with Gasteiger partial charge in [-0.15, -0.1) is 0 Å². The molecule has 0 saturated carbocycles. The van der Waals surface area contributed by atoms with Gasteiger partial charge in [-0.25, -0.2) is 4.39 Å². The summed E-state index contributed by atoms with van der Waals surface area (Å²) < 4.78 is 14.3. The first-order chi connectivity index (χ1) is 16.4. The molecule has 178 valence electrons. The first-order valence-corrected chi connectivity index (χ1v) is 11.9. The number of nitrogens with one attached hydrogen (secondary N) is 1. The van der Waals surface area contributed by atoms with Gasteiger partial charge in [-0.1, -0.05) is 84.7 Å². The maximum absolute atomic E-state index is 14.3. The zero-order chi connectivity index (χ0) is 24.5. The maximum atomic E-state index is 14.3. The summed E-state index contributed by atoms with van der Waals surface area (Å²) in [5, 5.41) is 3.78. The zero-order valence-electron chi connectivity index (χ0n) is 18.9. The molecule has 0 saturated heterocycles. The molecule has 1 N–H and O–H groups in total. The molecule has 0 aromatic heterocycles. The van der Waals surface area contributed by atoms with E-state index in [4.69, 9.17) is 23.2 Å². The number of nitrogens with zero attached hydrogens (tertiary/aromatic N) is 1. The van der Waals surface area contributed by atoms with Crippen LogP contribution in [0.25, 0.3) is 0 Å². The summed E-state index contributed by atoms with van der Waals surface area (Å²) in [4.78, 5) is 28.3. The highest BCUT2D eigenvalue weighted by molar-refractivity contribution is 6.35. The molecule has 1 atom stereocenters. The third-order valence-electron chi connectivity index (χ3n) is 5.48. The molecule has 0 spiro atoms. The molecule has 0 radical (unpaired) electrons. The van der Waals surface area contributed by atoms with Gasteiger partial charge in [0, 0.05) is 29.6 Å². The van der Waals surface area contributed by atoms with Gasteiger partial charge in [0.2, 0.25) is 11.8 Å². The van der Waals surface area contributed by atoms with E-state index in [0.29, 0.717) is 28.6 Å². The van der Waals surface area contributed by atoms with E-state index < -0.39 is 11.9 Å². The molecule has 0 bridgehead atoms. The average Bonchev–Trinajstić information content (AvgIpc) is 2.83. The normalized spacial score (nSPS) is 11.6. The van der Waals surface area contributed by atoms with E-state index in [9.17, 15) is 14.0 Å². The smallest absolute Gasteiger partial charge is 0.243 e. The Morgan fingerprint density at radius 3 is 2.35 bits per heavy atom. The molecule has 3 rings (SSSR count). The standard InChI is InChI=1S/C27H27Cl2FN2O2/c1-2-14-31-27(34)25(15-19-8-4-3-5-9-19)32(18-21-12-13-22(28)17-23(21)29)26(33)16-20-10-6-7-11-24(20)30/h3-13,17,25H,2,14-16,18H2,1H3,(H,31,34). The van der Waals surface area contributed by atoms with Crippen LogP contribution < -0.4 is 5.32 Å². The lowest BCUT2D eigenvalue weighted by molar-refractivity contribution is -0.140. The van der Waals surface area contributed by atoms with Gasteiger partial charge in [-0.3, -0.25) is 9.59 Å². The van der Waals surface area contributed by atoms with Crippen LogP contribution in [-0.4, -0.2) is 29.3 Å². The number of carbonyl (C=O) groups is 2. The van der Waals surface area contributed by atoms with Crippen molar-refractivity contribution < 1.29 is 14.0 Å². The monoisotopic (exact) mass is 500 g/mol. The number of rotatable bonds is 10. The summed E-state index contributed by atoms with van der Waals surface area (Å²) in [6.07, 6.45) is 0.894. The molecule has 3 aromatic rings. The lowest BCUT2D eigenvalue weighted by Gasteiger charge is -2.32. The summed E-state index contributed by atoms with van der Waals surface area (Å²) in [5.41, 5.74) is 1.83. The van der Waals surface area contributed by atoms with Crippen molar-refractivity contribution in [1.82, 2.24) is 10.2 Å². The van der Waals surface area contributed by atoms with Crippen LogP contribution in [0, 0.1) is 5.82 Å². The predicted molar refractivity (Wildman–Crippen MR) is 134 cm³/mol. The van der Waals surface area contributed by atoms with Gasteiger partial charge in [0.25, 0.3) is 0 Å². The van der Waals surface area contributed by atoms with E-state index in [0.717, 1.165) is 12.0 Å². The third-order valence-corrected chi connectivity index (χ3v) is 6.06. The highest BCUT2D eigenvalue weighted by atomic mass is 35.5. The lowest BCUT2D eigenvalue weighted by atomic mass is 10.0. The lowest BCUT2D eigenvalue weighted by Crippen LogP contribution is -2.51. The van der Waals surface area contributed by atoms with Gasteiger partial charge in [-0.05, 0) is 41.3 Å². The summed E-state index contributed by atoms with van der Waals surface area (Å²) in [7, 11) is 0. The van der Waals surface area contributed by atoms with Crippen LogP contribution in [0.2, 0.25) is 10.0 Å². The van der Waals surface area contributed by atoms with Crippen LogP contribution in [0.3, 0.4) is 0 Å². The molecule has 4 nitrogen and oxygen atoms in total. The highest BCUT2D eigenvalue weighted by Gasteiger charge is 2.31. The Morgan fingerprint density at radius 1 is 0.971 bits per heavy atom. The van der Waals surface area contributed by atoms with E-state index in [1.54, 1.807) is 36.4 Å². The molecule has 1 unspecified atom stereocenters. The Kier molecular flexibility index (Phi) is 9.49.